The first-order valence-corrected chi connectivity index (χ1v) is 8.05. The van der Waals surface area contributed by atoms with Crippen LogP contribution in [0.15, 0.2) is 24.3 Å². The van der Waals surface area contributed by atoms with Gasteiger partial charge in [-0.2, -0.15) is 0 Å². The van der Waals surface area contributed by atoms with Crippen molar-refractivity contribution >= 4 is 11.4 Å². The van der Waals surface area contributed by atoms with Gasteiger partial charge in [0.15, 0.2) is 0 Å². The summed E-state index contributed by atoms with van der Waals surface area (Å²) in [5, 5.41) is 3.65. The van der Waals surface area contributed by atoms with E-state index in [0.717, 1.165) is 19.6 Å². The normalized spacial score (nSPS) is 27.1. The van der Waals surface area contributed by atoms with E-state index >= 15 is 0 Å². The highest BCUT2D eigenvalue weighted by Crippen LogP contribution is 2.26. The number of hydrogen-bond acceptors (Lipinski definition) is 3. The van der Waals surface area contributed by atoms with Crippen LogP contribution in [0.5, 0.6) is 0 Å². The van der Waals surface area contributed by atoms with E-state index in [0.29, 0.717) is 0 Å². The predicted molar refractivity (Wildman–Crippen MR) is 86.8 cm³/mol. The Bertz CT molecular complexity index is 436. The first-order valence-electron chi connectivity index (χ1n) is 8.05. The zero-order valence-electron chi connectivity index (χ0n) is 12.9. The topological polar surface area (TPSA) is 18.5 Å². The Labute approximate surface area is 123 Å². The molecule has 0 amide bonds. The molecular formula is C17H27N3. The van der Waals surface area contributed by atoms with Crippen LogP contribution in [0.3, 0.4) is 0 Å². The van der Waals surface area contributed by atoms with Gasteiger partial charge in [0.2, 0.25) is 0 Å². The summed E-state index contributed by atoms with van der Waals surface area (Å²) >= 11 is 0. The van der Waals surface area contributed by atoms with Gasteiger partial charge in [0.25, 0.3) is 0 Å². The summed E-state index contributed by atoms with van der Waals surface area (Å²) in [6.07, 6.45) is 3.86. The fourth-order valence-corrected chi connectivity index (χ4v) is 3.36. The molecule has 0 saturated carbocycles. The van der Waals surface area contributed by atoms with Gasteiger partial charge < -0.3 is 15.1 Å². The maximum Gasteiger partial charge on any atom is 0.0368 e. The molecule has 1 aromatic rings. The summed E-state index contributed by atoms with van der Waals surface area (Å²) in [5.41, 5.74) is 3.01. The van der Waals surface area contributed by atoms with Gasteiger partial charge in [-0.05, 0) is 50.5 Å². The number of rotatable bonds is 3. The lowest BCUT2D eigenvalue weighted by Gasteiger charge is -2.42. The van der Waals surface area contributed by atoms with Gasteiger partial charge in [-0.15, -0.1) is 0 Å². The van der Waals surface area contributed by atoms with E-state index in [2.05, 4.69) is 53.2 Å². The molecule has 2 fully saturated rings. The van der Waals surface area contributed by atoms with Crippen LogP contribution in [0.1, 0.15) is 33.1 Å². The molecule has 20 heavy (non-hydrogen) atoms. The van der Waals surface area contributed by atoms with Crippen LogP contribution < -0.4 is 15.1 Å². The van der Waals surface area contributed by atoms with Crippen molar-refractivity contribution in [2.75, 3.05) is 42.5 Å². The minimum atomic E-state index is 0.256. The monoisotopic (exact) mass is 273 g/mol. The van der Waals surface area contributed by atoms with Crippen LogP contribution in [-0.4, -0.2) is 38.3 Å². The summed E-state index contributed by atoms with van der Waals surface area (Å²) in [6, 6.07) is 9.20. The Morgan fingerprint density at radius 2 is 1.60 bits per heavy atom. The SMILES string of the molecule is CCC1(C)CN(c2ccc(N3CCCC3)cc2)CCN1. The number of benzene rings is 1. The molecule has 2 heterocycles. The molecule has 3 nitrogen and oxygen atoms in total. The van der Waals surface area contributed by atoms with Gasteiger partial charge >= 0.3 is 0 Å². The summed E-state index contributed by atoms with van der Waals surface area (Å²) in [5.74, 6) is 0. The third kappa shape index (κ3) is 2.78. The zero-order valence-corrected chi connectivity index (χ0v) is 12.9. The largest absolute Gasteiger partial charge is 0.372 e. The quantitative estimate of drug-likeness (QED) is 0.913. The lowest BCUT2D eigenvalue weighted by molar-refractivity contribution is 0.314. The predicted octanol–water partition coefficient (Wildman–Crippen LogP) is 2.87. The first-order chi connectivity index (χ1) is 9.70. The molecule has 3 rings (SSSR count). The highest BCUT2D eigenvalue weighted by molar-refractivity contribution is 5.57. The maximum absolute atomic E-state index is 3.65. The molecule has 1 N–H and O–H groups in total. The summed E-state index contributed by atoms with van der Waals surface area (Å²) in [6.45, 7) is 10.3. The first kappa shape index (κ1) is 13.7. The van der Waals surface area contributed by atoms with E-state index in [4.69, 9.17) is 0 Å². The van der Waals surface area contributed by atoms with Gasteiger partial charge in [0, 0.05) is 49.6 Å². The van der Waals surface area contributed by atoms with E-state index in [-0.39, 0.29) is 5.54 Å². The minimum absolute atomic E-state index is 0.256. The highest BCUT2D eigenvalue weighted by Gasteiger charge is 2.28. The smallest absolute Gasteiger partial charge is 0.0368 e. The highest BCUT2D eigenvalue weighted by atomic mass is 15.2. The van der Waals surface area contributed by atoms with Crippen molar-refractivity contribution in [3.05, 3.63) is 24.3 Å². The van der Waals surface area contributed by atoms with Crippen molar-refractivity contribution in [3.8, 4) is 0 Å². The van der Waals surface area contributed by atoms with Crippen LogP contribution in [0.25, 0.3) is 0 Å². The van der Waals surface area contributed by atoms with Gasteiger partial charge in [-0.1, -0.05) is 6.92 Å². The Morgan fingerprint density at radius 3 is 2.20 bits per heavy atom. The lowest BCUT2D eigenvalue weighted by Crippen LogP contribution is -2.58. The number of piperazine rings is 1. The average molecular weight is 273 g/mol. The second-order valence-corrected chi connectivity index (χ2v) is 6.47. The third-order valence-electron chi connectivity index (χ3n) is 4.94. The van der Waals surface area contributed by atoms with Gasteiger partial charge in [0.1, 0.15) is 0 Å². The van der Waals surface area contributed by atoms with Crippen molar-refractivity contribution in [2.24, 2.45) is 0 Å². The minimum Gasteiger partial charge on any atom is -0.372 e. The number of nitrogens with one attached hydrogen (secondary N) is 1. The molecule has 2 aliphatic heterocycles. The average Bonchev–Trinajstić information content (AvgIpc) is 3.02. The standard InChI is InChI=1S/C17H27N3/c1-3-17(2)14-20(13-10-18-17)16-8-6-15(7-9-16)19-11-4-5-12-19/h6-9,18H,3-5,10-14H2,1-2H3. The zero-order chi connectivity index (χ0) is 14.0. The number of anilines is 2. The van der Waals surface area contributed by atoms with Gasteiger partial charge in [-0.3, -0.25) is 0 Å². The Hall–Kier alpha value is -1.22. The Balaban J connectivity index is 1.70. The van der Waals surface area contributed by atoms with Gasteiger partial charge in [-0.25, -0.2) is 0 Å². The molecule has 0 bridgehead atoms. The lowest BCUT2D eigenvalue weighted by atomic mass is 9.95. The molecular weight excluding hydrogens is 246 g/mol. The second kappa shape index (κ2) is 5.65. The van der Waals surface area contributed by atoms with E-state index in [1.165, 1.54) is 43.7 Å². The fourth-order valence-electron chi connectivity index (χ4n) is 3.36. The summed E-state index contributed by atoms with van der Waals surface area (Å²) < 4.78 is 0. The van der Waals surface area contributed by atoms with Crippen molar-refractivity contribution < 1.29 is 0 Å². The third-order valence-corrected chi connectivity index (χ3v) is 4.94. The van der Waals surface area contributed by atoms with Crippen LogP contribution in [0, 0.1) is 0 Å². The van der Waals surface area contributed by atoms with E-state index in [1.54, 1.807) is 0 Å². The van der Waals surface area contributed by atoms with Crippen LogP contribution in [0.2, 0.25) is 0 Å². The van der Waals surface area contributed by atoms with Crippen LogP contribution >= 0.6 is 0 Å². The van der Waals surface area contributed by atoms with Crippen LogP contribution in [-0.2, 0) is 0 Å². The van der Waals surface area contributed by atoms with Crippen molar-refractivity contribution in [1.82, 2.24) is 5.32 Å². The molecule has 1 atom stereocenters. The maximum atomic E-state index is 3.65. The summed E-state index contributed by atoms with van der Waals surface area (Å²) in [4.78, 5) is 5.02. The second-order valence-electron chi connectivity index (χ2n) is 6.47. The fraction of sp³-hybridized carbons (Fsp3) is 0.647. The number of nitrogens with zero attached hydrogens (tertiary/aromatic N) is 2. The molecule has 0 spiro atoms. The molecule has 2 saturated heterocycles. The van der Waals surface area contributed by atoms with E-state index < -0.39 is 0 Å². The van der Waals surface area contributed by atoms with Crippen molar-refractivity contribution in [3.63, 3.8) is 0 Å². The van der Waals surface area contributed by atoms with Crippen molar-refractivity contribution in [2.45, 2.75) is 38.6 Å². The van der Waals surface area contributed by atoms with Gasteiger partial charge in [0.05, 0.1) is 0 Å². The molecule has 0 aliphatic carbocycles. The van der Waals surface area contributed by atoms with E-state index in [1.807, 2.05) is 0 Å². The Morgan fingerprint density at radius 1 is 1.00 bits per heavy atom. The molecule has 1 aromatic carbocycles. The summed E-state index contributed by atoms with van der Waals surface area (Å²) in [7, 11) is 0. The number of hydrogen-bond donors (Lipinski definition) is 1. The molecule has 3 heteroatoms. The molecule has 0 aromatic heterocycles. The molecule has 110 valence electrons. The Kier molecular flexibility index (Phi) is 3.88. The van der Waals surface area contributed by atoms with Crippen LogP contribution in [0.4, 0.5) is 11.4 Å². The molecule has 0 radical (unpaired) electrons. The van der Waals surface area contributed by atoms with Crippen molar-refractivity contribution in [1.29, 1.82) is 0 Å². The molecule has 1 unspecified atom stereocenters. The van der Waals surface area contributed by atoms with E-state index in [9.17, 15) is 0 Å². The molecule has 2 aliphatic rings.